The molecule has 0 aliphatic heterocycles. The number of hydrogen-bond acceptors (Lipinski definition) is 1. The first-order valence-corrected chi connectivity index (χ1v) is 8.36. The van der Waals surface area contributed by atoms with Crippen molar-refractivity contribution in [2.75, 3.05) is 6.54 Å². The summed E-state index contributed by atoms with van der Waals surface area (Å²) in [6.07, 6.45) is 12.8. The number of hydrogen-bond donors (Lipinski definition) is 0. The second kappa shape index (κ2) is 6.93. The van der Waals surface area contributed by atoms with Gasteiger partial charge in [0.15, 0.2) is 0 Å². The highest BCUT2D eigenvalue weighted by molar-refractivity contribution is 5.92. The van der Waals surface area contributed by atoms with E-state index in [9.17, 15) is 4.79 Å². The standard InChI is InChI=1S/C19H25NO/c21-19(14-11-16-7-3-1-4-8-16)20(18-12-13-18)15-17-9-5-2-6-10-17/h1,3-4,7-8,11,14,17-18H,2,5-6,9-10,12-13,15H2. The minimum Gasteiger partial charge on any atom is -0.336 e. The third-order valence-electron chi connectivity index (χ3n) is 4.67. The van der Waals surface area contributed by atoms with Crippen molar-refractivity contribution in [2.45, 2.75) is 51.0 Å². The minimum absolute atomic E-state index is 0.201. The fraction of sp³-hybridized carbons (Fsp3) is 0.526. The molecule has 2 fully saturated rings. The van der Waals surface area contributed by atoms with Crippen LogP contribution in [0.3, 0.4) is 0 Å². The highest BCUT2D eigenvalue weighted by atomic mass is 16.2. The van der Waals surface area contributed by atoms with E-state index < -0.39 is 0 Å². The Labute approximate surface area is 127 Å². The average molecular weight is 283 g/mol. The van der Waals surface area contributed by atoms with E-state index in [2.05, 4.69) is 4.90 Å². The molecular weight excluding hydrogens is 258 g/mol. The van der Waals surface area contributed by atoms with Gasteiger partial charge < -0.3 is 4.90 Å². The van der Waals surface area contributed by atoms with E-state index in [1.165, 1.54) is 44.9 Å². The van der Waals surface area contributed by atoms with E-state index in [-0.39, 0.29) is 5.91 Å². The molecule has 0 unspecified atom stereocenters. The molecule has 2 aliphatic carbocycles. The van der Waals surface area contributed by atoms with Crippen LogP contribution in [0.2, 0.25) is 0 Å². The van der Waals surface area contributed by atoms with Crippen molar-refractivity contribution < 1.29 is 4.79 Å². The van der Waals surface area contributed by atoms with Gasteiger partial charge in [-0.05, 0) is 43.2 Å². The van der Waals surface area contributed by atoms with Crippen molar-refractivity contribution in [3.8, 4) is 0 Å². The Morgan fingerprint density at radius 3 is 2.43 bits per heavy atom. The normalized spacial score (nSPS) is 19.8. The first kappa shape index (κ1) is 14.4. The maximum Gasteiger partial charge on any atom is 0.246 e. The van der Waals surface area contributed by atoms with Crippen LogP contribution >= 0.6 is 0 Å². The van der Waals surface area contributed by atoms with E-state index >= 15 is 0 Å². The van der Waals surface area contributed by atoms with Gasteiger partial charge >= 0.3 is 0 Å². The molecule has 1 aromatic carbocycles. The van der Waals surface area contributed by atoms with Crippen LogP contribution in [0.1, 0.15) is 50.5 Å². The molecule has 0 bridgehead atoms. The van der Waals surface area contributed by atoms with E-state index in [0.717, 1.165) is 18.0 Å². The third-order valence-corrected chi connectivity index (χ3v) is 4.67. The molecule has 2 saturated carbocycles. The molecule has 2 aliphatic rings. The lowest BCUT2D eigenvalue weighted by molar-refractivity contribution is -0.127. The molecule has 0 aromatic heterocycles. The van der Waals surface area contributed by atoms with Gasteiger partial charge in [0, 0.05) is 18.7 Å². The maximum absolute atomic E-state index is 12.5. The van der Waals surface area contributed by atoms with Gasteiger partial charge in [-0.2, -0.15) is 0 Å². The van der Waals surface area contributed by atoms with Gasteiger partial charge in [-0.25, -0.2) is 0 Å². The Bertz CT molecular complexity index is 484. The number of carbonyl (C=O) groups is 1. The van der Waals surface area contributed by atoms with Gasteiger partial charge in [-0.3, -0.25) is 4.79 Å². The summed E-state index contributed by atoms with van der Waals surface area (Å²) in [5, 5.41) is 0. The van der Waals surface area contributed by atoms with Crippen LogP contribution in [-0.4, -0.2) is 23.4 Å². The van der Waals surface area contributed by atoms with Crippen LogP contribution < -0.4 is 0 Å². The van der Waals surface area contributed by atoms with Gasteiger partial charge in [0.25, 0.3) is 0 Å². The van der Waals surface area contributed by atoms with E-state index in [0.29, 0.717) is 6.04 Å². The molecular formula is C19H25NO. The zero-order valence-corrected chi connectivity index (χ0v) is 12.7. The molecule has 3 rings (SSSR count). The van der Waals surface area contributed by atoms with Crippen LogP contribution in [-0.2, 0) is 4.79 Å². The molecule has 0 radical (unpaired) electrons. The lowest BCUT2D eigenvalue weighted by atomic mass is 9.89. The monoisotopic (exact) mass is 283 g/mol. The molecule has 1 aromatic rings. The fourth-order valence-electron chi connectivity index (χ4n) is 3.28. The van der Waals surface area contributed by atoms with E-state index in [4.69, 9.17) is 0 Å². The van der Waals surface area contributed by atoms with Crippen LogP contribution in [0.5, 0.6) is 0 Å². The SMILES string of the molecule is O=C(C=Cc1ccccc1)N(CC1CCCCC1)C1CC1. The van der Waals surface area contributed by atoms with Gasteiger partial charge in [-0.1, -0.05) is 49.6 Å². The molecule has 0 atom stereocenters. The quantitative estimate of drug-likeness (QED) is 0.739. The Morgan fingerprint density at radius 2 is 1.76 bits per heavy atom. The summed E-state index contributed by atoms with van der Waals surface area (Å²) >= 11 is 0. The molecule has 21 heavy (non-hydrogen) atoms. The summed E-state index contributed by atoms with van der Waals surface area (Å²) in [6, 6.07) is 10.6. The van der Waals surface area contributed by atoms with Crippen LogP contribution in [0.4, 0.5) is 0 Å². The Balaban J connectivity index is 1.60. The lowest BCUT2D eigenvalue weighted by Crippen LogP contribution is -2.36. The number of nitrogens with zero attached hydrogens (tertiary/aromatic N) is 1. The zero-order chi connectivity index (χ0) is 14.5. The predicted molar refractivity (Wildman–Crippen MR) is 86.8 cm³/mol. The lowest BCUT2D eigenvalue weighted by Gasteiger charge is -2.29. The largest absolute Gasteiger partial charge is 0.336 e. The van der Waals surface area contributed by atoms with Crippen molar-refractivity contribution >= 4 is 12.0 Å². The zero-order valence-electron chi connectivity index (χ0n) is 12.7. The fourth-order valence-corrected chi connectivity index (χ4v) is 3.28. The number of amides is 1. The van der Waals surface area contributed by atoms with Gasteiger partial charge in [0.05, 0.1) is 0 Å². The average Bonchev–Trinajstić information content (AvgIpc) is 3.37. The molecule has 0 spiro atoms. The first-order valence-electron chi connectivity index (χ1n) is 8.36. The van der Waals surface area contributed by atoms with Crippen molar-refractivity contribution in [2.24, 2.45) is 5.92 Å². The molecule has 2 heteroatoms. The Morgan fingerprint density at radius 1 is 1.05 bits per heavy atom. The molecule has 1 amide bonds. The molecule has 0 N–H and O–H groups in total. The Kier molecular flexibility index (Phi) is 4.74. The second-order valence-corrected chi connectivity index (χ2v) is 6.47. The first-order chi connectivity index (χ1) is 10.3. The highest BCUT2D eigenvalue weighted by Crippen LogP contribution is 2.31. The number of carbonyl (C=O) groups excluding carboxylic acids is 1. The summed E-state index contributed by atoms with van der Waals surface area (Å²) < 4.78 is 0. The summed E-state index contributed by atoms with van der Waals surface area (Å²) in [5.74, 6) is 0.931. The summed E-state index contributed by atoms with van der Waals surface area (Å²) in [5.41, 5.74) is 1.10. The predicted octanol–water partition coefficient (Wildman–Crippen LogP) is 4.27. The van der Waals surface area contributed by atoms with E-state index in [1.54, 1.807) is 6.08 Å². The van der Waals surface area contributed by atoms with Gasteiger partial charge in [0.1, 0.15) is 0 Å². The second-order valence-electron chi connectivity index (χ2n) is 6.47. The smallest absolute Gasteiger partial charge is 0.246 e. The molecule has 0 heterocycles. The Hall–Kier alpha value is -1.57. The highest BCUT2D eigenvalue weighted by Gasteiger charge is 2.33. The van der Waals surface area contributed by atoms with Crippen LogP contribution in [0.25, 0.3) is 6.08 Å². The maximum atomic E-state index is 12.5. The van der Waals surface area contributed by atoms with Crippen molar-refractivity contribution in [1.82, 2.24) is 4.90 Å². The van der Waals surface area contributed by atoms with Gasteiger partial charge in [-0.15, -0.1) is 0 Å². The summed E-state index contributed by atoms with van der Waals surface area (Å²) in [4.78, 5) is 14.6. The number of rotatable bonds is 5. The van der Waals surface area contributed by atoms with E-state index in [1.807, 2.05) is 36.4 Å². The minimum atomic E-state index is 0.201. The molecule has 0 saturated heterocycles. The van der Waals surface area contributed by atoms with Crippen molar-refractivity contribution in [3.63, 3.8) is 0 Å². The summed E-state index contributed by atoms with van der Waals surface area (Å²) in [7, 11) is 0. The van der Waals surface area contributed by atoms with Crippen LogP contribution in [0.15, 0.2) is 36.4 Å². The number of benzene rings is 1. The third kappa shape index (κ3) is 4.20. The van der Waals surface area contributed by atoms with Crippen molar-refractivity contribution in [3.05, 3.63) is 42.0 Å². The van der Waals surface area contributed by atoms with Gasteiger partial charge in [0.2, 0.25) is 5.91 Å². The summed E-state index contributed by atoms with van der Waals surface area (Å²) in [6.45, 7) is 0.975. The van der Waals surface area contributed by atoms with Crippen LogP contribution in [0, 0.1) is 5.92 Å². The molecule has 2 nitrogen and oxygen atoms in total. The molecule has 112 valence electrons. The topological polar surface area (TPSA) is 20.3 Å². The van der Waals surface area contributed by atoms with Crippen molar-refractivity contribution in [1.29, 1.82) is 0 Å².